The minimum atomic E-state index is 0. The number of nitrogens with one attached hydrogen (secondary N) is 2. The Labute approximate surface area is 103 Å². The highest BCUT2D eigenvalue weighted by atomic mass is 35.5. The van der Waals surface area contributed by atoms with E-state index in [9.17, 15) is 0 Å². The molecule has 0 saturated carbocycles. The van der Waals surface area contributed by atoms with Crippen molar-refractivity contribution in [3.05, 3.63) is 40.6 Å². The number of aromatic nitrogens is 2. The van der Waals surface area contributed by atoms with E-state index in [0.717, 1.165) is 17.2 Å². The Balaban J connectivity index is 0.00000112. The Morgan fingerprint density at radius 2 is 2.33 bits per heavy atom. The molecule has 3 nitrogen and oxygen atoms in total. The molecule has 2 aromatic heterocycles. The van der Waals surface area contributed by atoms with E-state index in [1.807, 2.05) is 17.6 Å². The summed E-state index contributed by atoms with van der Waals surface area (Å²) in [5.41, 5.74) is 1.11. The molecule has 15 heavy (non-hydrogen) atoms. The Hall–Kier alpha value is -0.840. The molecule has 0 aliphatic carbocycles. The van der Waals surface area contributed by atoms with Crippen LogP contribution in [0.15, 0.2) is 29.9 Å². The van der Waals surface area contributed by atoms with Gasteiger partial charge in [0.2, 0.25) is 0 Å². The third-order valence-corrected chi connectivity index (χ3v) is 2.70. The van der Waals surface area contributed by atoms with Crippen LogP contribution in [-0.2, 0) is 6.54 Å². The monoisotopic (exact) mass is 261 g/mol. The molecule has 0 aromatic carbocycles. The summed E-state index contributed by atoms with van der Waals surface area (Å²) in [5.74, 6) is 0. The van der Waals surface area contributed by atoms with E-state index >= 15 is 0 Å². The Kier molecular flexibility index (Phi) is 4.81. The zero-order valence-corrected chi connectivity index (χ0v) is 10.0. The third kappa shape index (κ3) is 3.66. The summed E-state index contributed by atoms with van der Waals surface area (Å²) in [7, 11) is 0. The van der Waals surface area contributed by atoms with E-state index in [1.165, 1.54) is 0 Å². The minimum absolute atomic E-state index is 0. The average Bonchev–Trinajstić information content (AvgIpc) is 2.70. The number of H-pyrrole nitrogens is 1. The molecule has 0 aliphatic rings. The molecule has 0 bridgehead atoms. The van der Waals surface area contributed by atoms with Crippen LogP contribution in [0.5, 0.6) is 0 Å². The van der Waals surface area contributed by atoms with Gasteiger partial charge in [-0.1, -0.05) is 29.0 Å². The predicted molar refractivity (Wildman–Crippen MR) is 57.4 cm³/mol. The number of aromatic amines is 1. The van der Waals surface area contributed by atoms with Gasteiger partial charge >= 0.3 is 5.13 Å². The highest BCUT2D eigenvalue weighted by molar-refractivity contribution is 7.13. The van der Waals surface area contributed by atoms with Gasteiger partial charge in [-0.15, -0.1) is 0 Å². The van der Waals surface area contributed by atoms with Crippen molar-refractivity contribution in [1.82, 2.24) is 4.98 Å². The van der Waals surface area contributed by atoms with Gasteiger partial charge in [-0.3, -0.25) is 5.32 Å². The fourth-order valence-electron chi connectivity index (χ4n) is 1.03. The van der Waals surface area contributed by atoms with E-state index in [4.69, 9.17) is 11.6 Å². The second-order valence-electron chi connectivity index (χ2n) is 2.74. The van der Waals surface area contributed by atoms with Crippen molar-refractivity contribution in [3.63, 3.8) is 0 Å². The maximum Gasteiger partial charge on any atom is 0.331 e. The molecule has 0 fully saturated rings. The number of hydrogen-bond acceptors (Lipinski definition) is 3. The van der Waals surface area contributed by atoms with Gasteiger partial charge < -0.3 is 12.4 Å². The molecule has 80 valence electrons. The van der Waals surface area contributed by atoms with E-state index in [1.54, 1.807) is 23.6 Å². The van der Waals surface area contributed by atoms with E-state index < -0.39 is 0 Å². The van der Waals surface area contributed by atoms with Crippen LogP contribution in [0.1, 0.15) is 5.56 Å². The number of halogens is 2. The van der Waals surface area contributed by atoms with Crippen LogP contribution >= 0.6 is 22.9 Å². The van der Waals surface area contributed by atoms with Gasteiger partial charge in [-0.2, -0.15) is 0 Å². The van der Waals surface area contributed by atoms with Gasteiger partial charge in [-0.05, 0) is 6.07 Å². The largest absolute Gasteiger partial charge is 1.00 e. The SMILES string of the molecule is Clc1ccc(CNc2[nH+]ccs2)cn1.[Cl-]. The molecule has 0 unspecified atom stereocenters. The standard InChI is InChI=1S/C9H8ClN3S.ClH/c10-8-2-1-7(5-12-8)6-13-9-11-3-4-14-9;/h1-5H,6H2,(H,11,13);1H. The smallest absolute Gasteiger partial charge is 0.331 e. The van der Waals surface area contributed by atoms with Crippen LogP contribution in [0.2, 0.25) is 5.15 Å². The number of anilines is 1. The molecule has 0 aliphatic heterocycles. The molecule has 0 atom stereocenters. The number of nitrogens with zero attached hydrogens (tertiary/aromatic N) is 1. The van der Waals surface area contributed by atoms with Crippen molar-refractivity contribution in [2.45, 2.75) is 6.54 Å². The number of hydrogen-bond donors (Lipinski definition) is 1. The summed E-state index contributed by atoms with van der Waals surface area (Å²) in [5, 5.41) is 6.79. The van der Waals surface area contributed by atoms with Crippen LogP contribution in [0.4, 0.5) is 5.13 Å². The number of rotatable bonds is 3. The zero-order chi connectivity index (χ0) is 9.80. The molecule has 0 saturated heterocycles. The van der Waals surface area contributed by atoms with Crippen molar-refractivity contribution >= 4 is 28.1 Å². The summed E-state index contributed by atoms with van der Waals surface area (Å²) < 4.78 is 0. The lowest BCUT2D eigenvalue weighted by molar-refractivity contribution is -0.354. The van der Waals surface area contributed by atoms with Gasteiger partial charge in [0.05, 0.1) is 6.20 Å². The van der Waals surface area contributed by atoms with Crippen molar-refractivity contribution in [3.8, 4) is 0 Å². The van der Waals surface area contributed by atoms with Gasteiger partial charge in [0.15, 0.2) is 0 Å². The molecule has 2 heterocycles. The maximum atomic E-state index is 5.68. The molecule has 6 heteroatoms. The third-order valence-electron chi connectivity index (χ3n) is 1.71. The van der Waals surface area contributed by atoms with Crippen molar-refractivity contribution in [1.29, 1.82) is 0 Å². The second kappa shape index (κ2) is 5.90. The van der Waals surface area contributed by atoms with Gasteiger partial charge in [0.1, 0.15) is 11.7 Å². The first-order chi connectivity index (χ1) is 6.84. The summed E-state index contributed by atoms with van der Waals surface area (Å²) in [4.78, 5) is 7.08. The van der Waals surface area contributed by atoms with E-state index in [-0.39, 0.29) is 12.4 Å². The Morgan fingerprint density at radius 3 is 2.93 bits per heavy atom. The topological polar surface area (TPSA) is 39.1 Å². The Morgan fingerprint density at radius 1 is 1.47 bits per heavy atom. The minimum Gasteiger partial charge on any atom is -1.00 e. The van der Waals surface area contributed by atoms with E-state index in [2.05, 4.69) is 15.3 Å². The predicted octanol–water partition coefficient (Wildman–Crippen LogP) is -0.773. The Bertz CT molecular complexity index is 388. The summed E-state index contributed by atoms with van der Waals surface area (Å²) in [6.45, 7) is 0.751. The van der Waals surface area contributed by atoms with Crippen LogP contribution in [-0.4, -0.2) is 4.98 Å². The normalized spacial score (nSPS) is 9.40. The fourth-order valence-corrected chi connectivity index (χ4v) is 1.71. The highest BCUT2D eigenvalue weighted by Gasteiger charge is 2.01. The highest BCUT2D eigenvalue weighted by Crippen LogP contribution is 2.09. The molecular weight excluding hydrogens is 253 g/mol. The average molecular weight is 262 g/mol. The summed E-state index contributed by atoms with van der Waals surface area (Å²) in [6.07, 6.45) is 3.66. The van der Waals surface area contributed by atoms with Crippen molar-refractivity contribution < 1.29 is 17.4 Å². The molecule has 0 amide bonds. The first-order valence-electron chi connectivity index (χ1n) is 4.14. The first-order valence-corrected chi connectivity index (χ1v) is 5.40. The lowest BCUT2D eigenvalue weighted by Crippen LogP contribution is -3.00. The van der Waals surface area contributed by atoms with Crippen LogP contribution in [0.25, 0.3) is 0 Å². The molecule has 0 radical (unpaired) electrons. The molecule has 2 N–H and O–H groups in total. The van der Waals surface area contributed by atoms with Gasteiger partial charge in [-0.25, -0.2) is 9.97 Å². The van der Waals surface area contributed by atoms with Crippen molar-refractivity contribution in [2.24, 2.45) is 0 Å². The lowest BCUT2D eigenvalue weighted by atomic mass is 10.3. The molecule has 2 rings (SSSR count). The van der Waals surface area contributed by atoms with Gasteiger partial charge in [0.25, 0.3) is 0 Å². The molecule has 0 spiro atoms. The van der Waals surface area contributed by atoms with Crippen LogP contribution in [0, 0.1) is 0 Å². The first kappa shape index (κ1) is 12.2. The summed E-state index contributed by atoms with van der Waals surface area (Å²) in [6, 6.07) is 3.74. The lowest BCUT2D eigenvalue weighted by Gasteiger charge is -1.96. The number of pyridine rings is 1. The molecule has 2 aromatic rings. The zero-order valence-electron chi connectivity index (χ0n) is 7.71. The van der Waals surface area contributed by atoms with Crippen LogP contribution in [0.3, 0.4) is 0 Å². The summed E-state index contributed by atoms with van der Waals surface area (Å²) >= 11 is 7.31. The maximum absolute atomic E-state index is 5.68. The van der Waals surface area contributed by atoms with Crippen LogP contribution < -0.4 is 22.7 Å². The second-order valence-corrected chi connectivity index (χ2v) is 4.04. The fraction of sp³-hybridized carbons (Fsp3) is 0.111. The van der Waals surface area contributed by atoms with Crippen molar-refractivity contribution in [2.75, 3.05) is 5.32 Å². The van der Waals surface area contributed by atoms with Gasteiger partial charge in [0, 0.05) is 17.1 Å². The van der Waals surface area contributed by atoms with E-state index in [0.29, 0.717) is 5.15 Å². The quantitative estimate of drug-likeness (QED) is 0.738. The number of thiazole rings is 1. The molecular formula is C9H9Cl2N3S.